The van der Waals surface area contributed by atoms with Gasteiger partial charge in [0.2, 0.25) is 0 Å². The molecule has 9 nitrogen and oxygen atoms in total. The maximum Gasteiger partial charge on any atom is 0.306 e. The zero-order valence-electron chi connectivity index (χ0n) is 43.7. The third-order valence-corrected chi connectivity index (χ3v) is 11.9. The number of allylic oxidation sites excluding steroid dienone is 15. The lowest BCUT2D eigenvalue weighted by molar-refractivity contribution is -0.150. The van der Waals surface area contributed by atoms with Crippen LogP contribution in [-0.2, 0) is 43.0 Å². The van der Waals surface area contributed by atoms with Crippen LogP contribution in [0.1, 0.15) is 215 Å². The Hall–Kier alpha value is -4.92. The lowest BCUT2D eigenvalue weighted by Gasteiger charge is -2.16. The van der Waals surface area contributed by atoms with Gasteiger partial charge in [0.05, 0.1) is 0 Å². The Morgan fingerprint density at radius 1 is 0.449 bits per heavy atom. The summed E-state index contributed by atoms with van der Waals surface area (Å²) in [4.78, 5) is 70.7. The van der Waals surface area contributed by atoms with Crippen molar-refractivity contribution in [3.63, 3.8) is 0 Å². The van der Waals surface area contributed by atoms with Gasteiger partial charge in [0.25, 0.3) is 0 Å². The van der Waals surface area contributed by atoms with E-state index in [1.165, 1.54) is 0 Å². The van der Waals surface area contributed by atoms with Crippen LogP contribution in [0.5, 0.6) is 0 Å². The average Bonchev–Trinajstić information content (AvgIpc) is 4.08. The summed E-state index contributed by atoms with van der Waals surface area (Å²) in [6.45, 7) is 12.4. The summed E-state index contributed by atoms with van der Waals surface area (Å²) in [5, 5.41) is 0. The minimum Gasteiger partial charge on any atom is -0.462 e. The van der Waals surface area contributed by atoms with Crippen LogP contribution in [0.3, 0.4) is 0 Å². The number of esters is 3. The lowest BCUT2D eigenvalue weighted by Crippen LogP contribution is -2.18. The molecule has 0 fully saturated rings. The Labute approximate surface area is 417 Å². The number of rotatable bonds is 33. The molecular weight excluding hydrogens is 865 g/mol. The van der Waals surface area contributed by atoms with Crippen LogP contribution in [0.4, 0.5) is 0 Å². The molecule has 0 heterocycles. The summed E-state index contributed by atoms with van der Waals surface area (Å²) in [6, 6.07) is 0. The van der Waals surface area contributed by atoms with Crippen molar-refractivity contribution in [1.29, 1.82) is 0 Å². The van der Waals surface area contributed by atoms with Crippen molar-refractivity contribution in [2.24, 2.45) is 0 Å². The number of unbranched alkanes of at least 4 members (excludes halogenated alkanes) is 9. The van der Waals surface area contributed by atoms with Crippen molar-refractivity contribution in [3.8, 4) is 0 Å². The van der Waals surface area contributed by atoms with E-state index in [0.717, 1.165) is 132 Å². The fourth-order valence-corrected chi connectivity index (χ4v) is 7.74. The van der Waals surface area contributed by atoms with E-state index in [0.29, 0.717) is 57.8 Å². The predicted octanol–water partition coefficient (Wildman–Crippen LogP) is 15.2. The van der Waals surface area contributed by atoms with Crippen molar-refractivity contribution in [2.45, 2.75) is 233 Å². The fraction of sp³-hybridized carbons (Fsp3) is 0.600. The molecule has 0 bridgehead atoms. The highest BCUT2D eigenvalue weighted by atomic mass is 16.6. The SMILES string of the molecule is C/C=C\CCCC(=O)OC(C/C=C1\CC=CC1=O)CCCCC.C/C=C\CCCC(=O)OC(C/C=C1\CC=CC1=O)CCCCC.C/C=C\CCCC(=O)OC(C/C=C1\CC=CC1=O)CCCCC. The molecular formula is C60H90O9. The molecule has 0 N–H and O–H groups in total. The van der Waals surface area contributed by atoms with Gasteiger partial charge in [-0.1, -0.05) is 132 Å². The zero-order valence-corrected chi connectivity index (χ0v) is 43.7. The van der Waals surface area contributed by atoms with E-state index in [2.05, 4.69) is 39.0 Å². The molecule has 0 aromatic rings. The third kappa shape index (κ3) is 32.5. The predicted molar refractivity (Wildman–Crippen MR) is 282 cm³/mol. The molecule has 0 amide bonds. The van der Waals surface area contributed by atoms with Gasteiger partial charge in [-0.05, 0) is 152 Å². The highest BCUT2D eigenvalue weighted by Crippen LogP contribution is 2.21. The van der Waals surface area contributed by atoms with Gasteiger partial charge in [-0.2, -0.15) is 0 Å². The Morgan fingerprint density at radius 2 is 0.725 bits per heavy atom. The molecule has 3 aliphatic rings. The molecule has 3 aliphatic carbocycles. The number of carbonyl (C=O) groups is 6. The number of hydrogen-bond donors (Lipinski definition) is 0. The average molecular weight is 955 g/mol. The second kappa shape index (κ2) is 42.0. The van der Waals surface area contributed by atoms with Crippen LogP contribution in [0.2, 0.25) is 0 Å². The minimum absolute atomic E-state index is 0.0926. The van der Waals surface area contributed by atoms with E-state index in [-0.39, 0.29) is 53.6 Å². The summed E-state index contributed by atoms with van der Waals surface area (Å²) in [6.07, 6.45) is 51.6. The summed E-state index contributed by atoms with van der Waals surface area (Å²) in [7, 11) is 0. The molecule has 384 valence electrons. The third-order valence-electron chi connectivity index (χ3n) is 11.9. The molecule has 0 spiro atoms. The standard InChI is InChI=1S/3C20H30O3/c3*1-3-5-7-9-14-20(22)23-18(12-8-6-4-2)16-15-17-11-10-13-19(17)21/h3*3,5,10,13,15,18H,4,6-9,11-12,14,16H2,1-2H3/b3*5-3-,17-15+. The highest BCUT2D eigenvalue weighted by Gasteiger charge is 2.19. The summed E-state index contributed by atoms with van der Waals surface area (Å²) in [5.74, 6) is -0.0826. The van der Waals surface area contributed by atoms with Crippen LogP contribution in [0, 0.1) is 0 Å². The van der Waals surface area contributed by atoms with Crippen LogP contribution in [-0.4, -0.2) is 53.6 Å². The quantitative estimate of drug-likeness (QED) is 0.0207. The molecule has 0 saturated carbocycles. The second-order valence-electron chi connectivity index (χ2n) is 18.0. The summed E-state index contributed by atoms with van der Waals surface area (Å²) < 4.78 is 16.9. The van der Waals surface area contributed by atoms with Crippen molar-refractivity contribution >= 4 is 35.3 Å². The van der Waals surface area contributed by atoms with Crippen LogP contribution in [0.25, 0.3) is 0 Å². The van der Waals surface area contributed by atoms with E-state index < -0.39 is 0 Å². The topological polar surface area (TPSA) is 130 Å². The molecule has 9 heteroatoms. The maximum atomic E-state index is 12.0. The first kappa shape index (κ1) is 62.1. The first-order chi connectivity index (χ1) is 33.5. The van der Waals surface area contributed by atoms with Crippen molar-refractivity contribution in [1.82, 2.24) is 0 Å². The lowest BCUT2D eigenvalue weighted by atomic mass is 10.0. The number of hydrogen-bond acceptors (Lipinski definition) is 9. The normalized spacial score (nSPS) is 17.3. The molecule has 3 rings (SSSR count). The minimum atomic E-state index is -0.120. The van der Waals surface area contributed by atoms with E-state index in [1.807, 2.05) is 75.5 Å². The number of ketones is 3. The Balaban J connectivity index is 0.000000517. The van der Waals surface area contributed by atoms with Crippen LogP contribution < -0.4 is 0 Å². The van der Waals surface area contributed by atoms with E-state index in [1.54, 1.807) is 18.2 Å². The smallest absolute Gasteiger partial charge is 0.306 e. The molecule has 0 aliphatic heterocycles. The molecule has 0 aromatic carbocycles. The van der Waals surface area contributed by atoms with Crippen molar-refractivity contribution in [3.05, 3.63) is 108 Å². The number of ether oxygens (including phenoxy) is 3. The van der Waals surface area contributed by atoms with Crippen LogP contribution >= 0.6 is 0 Å². The van der Waals surface area contributed by atoms with Gasteiger partial charge in [-0.3, -0.25) is 28.8 Å². The fourth-order valence-electron chi connectivity index (χ4n) is 7.74. The van der Waals surface area contributed by atoms with Gasteiger partial charge >= 0.3 is 17.9 Å². The van der Waals surface area contributed by atoms with Gasteiger partial charge in [0.1, 0.15) is 18.3 Å². The van der Waals surface area contributed by atoms with Crippen LogP contribution in [0.15, 0.2) is 108 Å². The maximum absolute atomic E-state index is 12.0. The van der Waals surface area contributed by atoms with Gasteiger partial charge in [0, 0.05) is 38.5 Å². The molecule has 69 heavy (non-hydrogen) atoms. The van der Waals surface area contributed by atoms with Crippen molar-refractivity contribution < 1.29 is 43.0 Å². The highest BCUT2D eigenvalue weighted by molar-refractivity contribution is 6.07. The first-order valence-electron chi connectivity index (χ1n) is 26.6. The molecule has 0 saturated heterocycles. The van der Waals surface area contributed by atoms with E-state index >= 15 is 0 Å². The van der Waals surface area contributed by atoms with Gasteiger partial charge in [0.15, 0.2) is 17.3 Å². The molecule has 0 radical (unpaired) electrons. The van der Waals surface area contributed by atoms with Gasteiger partial charge in [-0.25, -0.2) is 0 Å². The van der Waals surface area contributed by atoms with E-state index in [4.69, 9.17) is 14.2 Å². The number of carbonyl (C=O) groups excluding carboxylic acids is 6. The molecule has 0 aromatic heterocycles. The first-order valence-corrected chi connectivity index (χ1v) is 26.6. The largest absolute Gasteiger partial charge is 0.462 e. The molecule has 3 atom stereocenters. The molecule has 3 unspecified atom stereocenters. The Kier molecular flexibility index (Phi) is 37.8. The monoisotopic (exact) mass is 955 g/mol. The van der Waals surface area contributed by atoms with Gasteiger partial charge in [-0.15, -0.1) is 0 Å². The second-order valence-corrected chi connectivity index (χ2v) is 18.0. The Bertz CT molecular complexity index is 1580. The Morgan fingerprint density at radius 3 is 0.942 bits per heavy atom. The zero-order chi connectivity index (χ0) is 50.7. The van der Waals surface area contributed by atoms with E-state index in [9.17, 15) is 28.8 Å². The van der Waals surface area contributed by atoms with Gasteiger partial charge < -0.3 is 14.2 Å². The summed E-state index contributed by atoms with van der Waals surface area (Å²) >= 11 is 0. The van der Waals surface area contributed by atoms with Crippen molar-refractivity contribution in [2.75, 3.05) is 0 Å². The summed E-state index contributed by atoms with van der Waals surface area (Å²) in [5.41, 5.74) is 2.49.